The average molecular weight is 368 g/mol. The van der Waals surface area contributed by atoms with Crippen LogP contribution in [0.2, 0.25) is 0 Å². The summed E-state index contributed by atoms with van der Waals surface area (Å²) in [5, 5.41) is 7.84. The minimum Gasteiger partial charge on any atom is -0.356 e. The monoisotopic (exact) mass is 368 g/mol. The molecule has 3 aromatic rings. The number of carbonyl (C=O) groups is 1. The molecule has 1 N–H and O–H groups in total. The Hall–Kier alpha value is -2.93. The van der Waals surface area contributed by atoms with Gasteiger partial charge in [-0.3, -0.25) is 4.90 Å². The topological polar surface area (TPSA) is 61.6 Å². The smallest absolute Gasteiger partial charge is 0.318 e. The number of halogens is 1. The van der Waals surface area contributed by atoms with E-state index < -0.39 is 0 Å². The van der Waals surface area contributed by atoms with Gasteiger partial charge in [-0.15, -0.1) is 0 Å². The van der Waals surface area contributed by atoms with Crippen LogP contribution in [0.4, 0.5) is 9.18 Å². The number of nitrogens with zero attached hydrogens (tertiary/aromatic N) is 3. The van der Waals surface area contributed by atoms with Crippen molar-refractivity contribution >= 4 is 17.0 Å². The second-order valence-electron chi connectivity index (χ2n) is 6.69. The first-order chi connectivity index (χ1) is 13.2. The second kappa shape index (κ2) is 7.75. The standard InChI is InChI=1S/C20H21FN4O2/c21-17-8-3-1-6-15(17)13-24-10-5-11-25(14-24)20(26)22-12-18-16-7-2-4-9-19(16)27-23-18/h1-4,6-9H,5,10-14H2,(H,22,26). The highest BCUT2D eigenvalue weighted by Crippen LogP contribution is 2.18. The van der Waals surface area contributed by atoms with E-state index in [0.717, 1.165) is 18.4 Å². The molecular formula is C20H21FN4O2. The molecule has 2 amide bonds. The van der Waals surface area contributed by atoms with Crippen LogP contribution in [0, 0.1) is 5.82 Å². The summed E-state index contributed by atoms with van der Waals surface area (Å²) in [7, 11) is 0. The molecule has 27 heavy (non-hydrogen) atoms. The number of carbonyl (C=O) groups excluding carboxylic acids is 1. The van der Waals surface area contributed by atoms with E-state index in [2.05, 4.69) is 15.4 Å². The molecule has 2 aromatic carbocycles. The molecule has 1 fully saturated rings. The van der Waals surface area contributed by atoms with Crippen molar-refractivity contribution in [3.63, 3.8) is 0 Å². The predicted molar refractivity (Wildman–Crippen MR) is 99.2 cm³/mol. The first-order valence-electron chi connectivity index (χ1n) is 9.02. The average Bonchev–Trinajstić information content (AvgIpc) is 3.11. The van der Waals surface area contributed by atoms with Gasteiger partial charge in [-0.2, -0.15) is 0 Å². The molecule has 4 rings (SSSR count). The lowest BCUT2D eigenvalue weighted by molar-refractivity contribution is 0.0974. The van der Waals surface area contributed by atoms with E-state index in [-0.39, 0.29) is 11.8 Å². The maximum absolute atomic E-state index is 13.9. The lowest BCUT2D eigenvalue weighted by Gasteiger charge is -2.35. The van der Waals surface area contributed by atoms with Crippen LogP contribution in [0.1, 0.15) is 17.7 Å². The summed E-state index contributed by atoms with van der Waals surface area (Å²) < 4.78 is 19.1. The van der Waals surface area contributed by atoms with Crippen LogP contribution in [0.3, 0.4) is 0 Å². The molecule has 0 radical (unpaired) electrons. The molecule has 7 heteroatoms. The van der Waals surface area contributed by atoms with Crippen molar-refractivity contribution in [1.82, 2.24) is 20.3 Å². The molecule has 0 saturated carbocycles. The quantitative estimate of drug-likeness (QED) is 0.767. The van der Waals surface area contributed by atoms with E-state index in [0.29, 0.717) is 43.1 Å². The fraction of sp³-hybridized carbons (Fsp3) is 0.300. The van der Waals surface area contributed by atoms with E-state index in [4.69, 9.17) is 4.52 Å². The zero-order valence-electron chi connectivity index (χ0n) is 14.9. The predicted octanol–water partition coefficient (Wildman–Crippen LogP) is 3.34. The number of hydrogen-bond donors (Lipinski definition) is 1. The van der Waals surface area contributed by atoms with Crippen LogP contribution in [0.15, 0.2) is 53.1 Å². The Kier molecular flexibility index (Phi) is 5.02. The summed E-state index contributed by atoms with van der Waals surface area (Å²) >= 11 is 0. The van der Waals surface area contributed by atoms with Gasteiger partial charge in [-0.05, 0) is 24.6 Å². The third kappa shape index (κ3) is 3.93. The van der Waals surface area contributed by atoms with Gasteiger partial charge >= 0.3 is 6.03 Å². The number of amides is 2. The summed E-state index contributed by atoms with van der Waals surface area (Å²) in [5.74, 6) is -0.211. The number of hydrogen-bond acceptors (Lipinski definition) is 4. The van der Waals surface area contributed by atoms with Gasteiger partial charge in [-0.25, -0.2) is 9.18 Å². The van der Waals surface area contributed by atoms with Crippen LogP contribution in [-0.4, -0.2) is 40.7 Å². The van der Waals surface area contributed by atoms with Crippen molar-refractivity contribution < 1.29 is 13.7 Å². The Bertz CT molecular complexity index is 942. The zero-order chi connectivity index (χ0) is 18.6. The van der Waals surface area contributed by atoms with Crippen molar-refractivity contribution in [2.24, 2.45) is 0 Å². The Morgan fingerprint density at radius 1 is 1.15 bits per heavy atom. The molecule has 0 atom stereocenters. The van der Waals surface area contributed by atoms with E-state index >= 15 is 0 Å². The number of nitrogens with one attached hydrogen (secondary N) is 1. The van der Waals surface area contributed by atoms with Gasteiger partial charge in [0.1, 0.15) is 11.5 Å². The minimum atomic E-state index is -0.211. The van der Waals surface area contributed by atoms with Gasteiger partial charge in [-0.1, -0.05) is 35.5 Å². The molecule has 140 valence electrons. The highest BCUT2D eigenvalue weighted by atomic mass is 19.1. The first kappa shape index (κ1) is 17.5. The second-order valence-corrected chi connectivity index (χ2v) is 6.69. The number of benzene rings is 2. The largest absolute Gasteiger partial charge is 0.356 e. The molecule has 0 bridgehead atoms. The van der Waals surface area contributed by atoms with Crippen LogP contribution < -0.4 is 5.32 Å². The number of rotatable bonds is 4. The van der Waals surface area contributed by atoms with E-state index in [1.165, 1.54) is 6.07 Å². The van der Waals surface area contributed by atoms with Crippen LogP contribution >= 0.6 is 0 Å². The van der Waals surface area contributed by atoms with Crippen molar-refractivity contribution in [2.45, 2.75) is 19.5 Å². The van der Waals surface area contributed by atoms with Crippen molar-refractivity contribution in [1.29, 1.82) is 0 Å². The summed E-state index contributed by atoms with van der Waals surface area (Å²) in [6.45, 7) is 2.79. The Morgan fingerprint density at radius 2 is 1.96 bits per heavy atom. The highest BCUT2D eigenvalue weighted by molar-refractivity contribution is 5.80. The third-order valence-corrected chi connectivity index (χ3v) is 4.77. The number of para-hydroxylation sites is 1. The van der Waals surface area contributed by atoms with Crippen molar-refractivity contribution in [2.75, 3.05) is 19.8 Å². The van der Waals surface area contributed by atoms with Crippen LogP contribution in [0.5, 0.6) is 0 Å². The van der Waals surface area contributed by atoms with Crippen LogP contribution in [0.25, 0.3) is 11.0 Å². The highest BCUT2D eigenvalue weighted by Gasteiger charge is 2.22. The van der Waals surface area contributed by atoms with Gasteiger partial charge < -0.3 is 14.7 Å². The van der Waals surface area contributed by atoms with Crippen molar-refractivity contribution in [3.05, 3.63) is 65.6 Å². The molecule has 1 aliphatic heterocycles. The molecule has 1 saturated heterocycles. The molecule has 0 aliphatic carbocycles. The van der Waals surface area contributed by atoms with E-state index in [1.54, 1.807) is 17.0 Å². The molecule has 0 spiro atoms. The molecule has 2 heterocycles. The fourth-order valence-electron chi connectivity index (χ4n) is 3.37. The van der Waals surface area contributed by atoms with Gasteiger partial charge in [0, 0.05) is 30.6 Å². The van der Waals surface area contributed by atoms with Gasteiger partial charge in [0.05, 0.1) is 13.2 Å². The Balaban J connectivity index is 1.35. The Labute approximate surface area is 156 Å². The number of urea groups is 1. The minimum absolute atomic E-state index is 0.152. The summed E-state index contributed by atoms with van der Waals surface area (Å²) in [6, 6.07) is 14.2. The number of aromatic nitrogens is 1. The lowest BCUT2D eigenvalue weighted by Crippen LogP contribution is -2.50. The normalized spacial score (nSPS) is 15.2. The van der Waals surface area contributed by atoms with E-state index in [9.17, 15) is 9.18 Å². The molecule has 1 aliphatic rings. The van der Waals surface area contributed by atoms with Gasteiger partial charge in [0.25, 0.3) is 0 Å². The van der Waals surface area contributed by atoms with Crippen molar-refractivity contribution in [3.8, 4) is 0 Å². The Morgan fingerprint density at radius 3 is 2.85 bits per heavy atom. The maximum Gasteiger partial charge on any atom is 0.318 e. The SMILES string of the molecule is O=C(NCc1noc2ccccc12)N1CCCN(Cc2ccccc2F)C1. The number of fused-ring (bicyclic) bond motifs is 1. The summed E-state index contributed by atoms with van der Waals surface area (Å²) in [4.78, 5) is 16.4. The van der Waals surface area contributed by atoms with Crippen LogP contribution in [-0.2, 0) is 13.1 Å². The lowest BCUT2D eigenvalue weighted by atomic mass is 10.2. The van der Waals surface area contributed by atoms with Gasteiger partial charge in [0.2, 0.25) is 0 Å². The maximum atomic E-state index is 13.9. The molecule has 0 unspecified atom stereocenters. The zero-order valence-corrected chi connectivity index (χ0v) is 14.9. The molecule has 6 nitrogen and oxygen atoms in total. The fourth-order valence-corrected chi connectivity index (χ4v) is 3.37. The summed E-state index contributed by atoms with van der Waals surface area (Å²) in [6.07, 6.45) is 0.856. The molecule has 1 aromatic heterocycles. The van der Waals surface area contributed by atoms with E-state index in [1.807, 2.05) is 30.3 Å². The third-order valence-electron chi connectivity index (χ3n) is 4.77. The summed E-state index contributed by atoms with van der Waals surface area (Å²) in [5.41, 5.74) is 2.06. The molecular weight excluding hydrogens is 347 g/mol. The van der Waals surface area contributed by atoms with Gasteiger partial charge in [0.15, 0.2) is 5.58 Å². The first-order valence-corrected chi connectivity index (χ1v) is 9.02.